The number of rotatable bonds is 3. The maximum absolute atomic E-state index is 13.5. The van der Waals surface area contributed by atoms with Crippen LogP contribution in [0.25, 0.3) is 0 Å². The largest absolute Gasteiger partial charge is 0.460 e. The number of halogens is 1. The Balaban J connectivity index is 1.53. The van der Waals surface area contributed by atoms with Gasteiger partial charge in [0.1, 0.15) is 11.9 Å². The molecule has 0 radical (unpaired) electrons. The van der Waals surface area contributed by atoms with Crippen molar-refractivity contribution in [3.8, 4) is 0 Å². The van der Waals surface area contributed by atoms with Crippen molar-refractivity contribution in [1.82, 2.24) is 4.90 Å². The molecule has 0 aromatic heterocycles. The maximum atomic E-state index is 13.5. The molecule has 4 heteroatoms. The highest BCUT2D eigenvalue weighted by Crippen LogP contribution is 2.45. The molecule has 1 atom stereocenters. The van der Waals surface area contributed by atoms with Crippen molar-refractivity contribution >= 4 is 5.97 Å². The number of esters is 1. The van der Waals surface area contributed by atoms with Crippen LogP contribution in [0.4, 0.5) is 4.39 Å². The highest BCUT2D eigenvalue weighted by atomic mass is 19.1. The molecule has 1 aromatic rings. The van der Waals surface area contributed by atoms with Gasteiger partial charge in [-0.25, -0.2) is 4.39 Å². The van der Waals surface area contributed by atoms with Gasteiger partial charge < -0.3 is 4.74 Å². The molecular formula is C18H22FNO2. The van der Waals surface area contributed by atoms with Crippen LogP contribution in [0.1, 0.15) is 37.7 Å². The average Bonchev–Trinajstić information content (AvgIpc) is 2.47. The summed E-state index contributed by atoms with van der Waals surface area (Å²) in [5.41, 5.74) is 0.179. The van der Waals surface area contributed by atoms with Gasteiger partial charge in [0.15, 0.2) is 0 Å². The molecule has 118 valence electrons. The van der Waals surface area contributed by atoms with E-state index in [2.05, 4.69) is 4.90 Å². The predicted octanol–water partition coefficient (Wildman–Crippen LogP) is 2.88. The van der Waals surface area contributed by atoms with Crippen LogP contribution in [0.5, 0.6) is 0 Å². The molecule has 1 unspecified atom stereocenters. The summed E-state index contributed by atoms with van der Waals surface area (Å²) in [5.74, 6) is 0.0982. The van der Waals surface area contributed by atoms with Crippen molar-refractivity contribution < 1.29 is 13.9 Å². The quantitative estimate of drug-likeness (QED) is 0.804. The van der Waals surface area contributed by atoms with Crippen LogP contribution in [0.15, 0.2) is 24.3 Å². The Morgan fingerprint density at radius 2 is 2.05 bits per heavy atom. The second-order valence-electron chi connectivity index (χ2n) is 7.03. The van der Waals surface area contributed by atoms with E-state index in [0.717, 1.165) is 57.3 Å². The van der Waals surface area contributed by atoms with Gasteiger partial charge in [-0.3, -0.25) is 9.69 Å². The Morgan fingerprint density at radius 1 is 1.27 bits per heavy atom. The van der Waals surface area contributed by atoms with Crippen LogP contribution in [-0.4, -0.2) is 36.6 Å². The number of carbonyl (C=O) groups is 1. The van der Waals surface area contributed by atoms with Gasteiger partial charge in [-0.15, -0.1) is 0 Å². The maximum Gasteiger partial charge on any atom is 0.316 e. The van der Waals surface area contributed by atoms with Crippen LogP contribution in [-0.2, 0) is 14.9 Å². The van der Waals surface area contributed by atoms with Crippen molar-refractivity contribution in [2.45, 2.75) is 43.6 Å². The molecule has 1 aromatic carbocycles. The van der Waals surface area contributed by atoms with Gasteiger partial charge in [0.05, 0.1) is 5.41 Å². The number of carbonyl (C=O) groups excluding carboxylic acids is 1. The van der Waals surface area contributed by atoms with Crippen LogP contribution < -0.4 is 0 Å². The Morgan fingerprint density at radius 3 is 2.59 bits per heavy atom. The lowest BCUT2D eigenvalue weighted by Crippen LogP contribution is -2.54. The minimum absolute atomic E-state index is 0.0287. The van der Waals surface area contributed by atoms with Crippen LogP contribution >= 0.6 is 0 Å². The molecule has 3 nitrogen and oxygen atoms in total. The van der Waals surface area contributed by atoms with Crippen molar-refractivity contribution in [2.24, 2.45) is 5.92 Å². The van der Waals surface area contributed by atoms with E-state index in [4.69, 9.17) is 4.74 Å². The van der Waals surface area contributed by atoms with Gasteiger partial charge in [-0.1, -0.05) is 18.6 Å². The number of benzene rings is 1. The molecule has 0 amide bonds. The number of piperidine rings is 3. The third-order valence-electron chi connectivity index (χ3n) is 5.83. The topological polar surface area (TPSA) is 29.5 Å². The zero-order valence-electron chi connectivity index (χ0n) is 12.8. The highest BCUT2D eigenvalue weighted by Gasteiger charge is 2.49. The second kappa shape index (κ2) is 5.34. The first-order chi connectivity index (χ1) is 10.7. The van der Waals surface area contributed by atoms with E-state index in [0.29, 0.717) is 5.92 Å². The standard InChI is InChI=1S/C18H22FNO2/c19-15-4-1-3-14(11-15)18(7-2-8-18)17(21)22-16-12-20-9-5-13(16)6-10-20/h1,3-4,11,13,16H,2,5-10,12H2. The summed E-state index contributed by atoms with van der Waals surface area (Å²) in [4.78, 5) is 15.2. The number of ether oxygens (including phenoxy) is 1. The number of fused-ring (bicyclic) bond motifs is 3. The first-order valence-electron chi connectivity index (χ1n) is 8.37. The fraction of sp³-hybridized carbons (Fsp3) is 0.611. The van der Waals surface area contributed by atoms with Crippen LogP contribution in [0.2, 0.25) is 0 Å². The van der Waals surface area contributed by atoms with E-state index in [-0.39, 0.29) is 17.9 Å². The Bertz CT molecular complexity index is 576. The molecule has 1 saturated carbocycles. The van der Waals surface area contributed by atoms with E-state index >= 15 is 0 Å². The summed E-state index contributed by atoms with van der Waals surface area (Å²) in [6.45, 7) is 3.14. The van der Waals surface area contributed by atoms with E-state index in [9.17, 15) is 9.18 Å². The normalized spacial score (nSPS) is 32.3. The zero-order valence-corrected chi connectivity index (χ0v) is 12.8. The van der Waals surface area contributed by atoms with Crippen molar-refractivity contribution in [3.05, 3.63) is 35.6 Å². The van der Waals surface area contributed by atoms with E-state index in [1.54, 1.807) is 6.07 Å². The monoisotopic (exact) mass is 303 g/mol. The average molecular weight is 303 g/mol. The summed E-state index contributed by atoms with van der Waals surface area (Å²) in [5, 5.41) is 0. The van der Waals surface area contributed by atoms with E-state index in [1.165, 1.54) is 12.1 Å². The predicted molar refractivity (Wildman–Crippen MR) is 81.0 cm³/mol. The molecule has 0 N–H and O–H groups in total. The lowest BCUT2D eigenvalue weighted by Gasteiger charge is -2.46. The smallest absolute Gasteiger partial charge is 0.316 e. The van der Waals surface area contributed by atoms with Crippen LogP contribution in [0, 0.1) is 11.7 Å². The molecule has 0 spiro atoms. The molecule has 4 fully saturated rings. The minimum atomic E-state index is -0.603. The summed E-state index contributed by atoms with van der Waals surface area (Å²) >= 11 is 0. The molecule has 5 rings (SSSR count). The molecule has 22 heavy (non-hydrogen) atoms. The van der Waals surface area contributed by atoms with E-state index in [1.807, 2.05) is 6.07 Å². The molecule has 4 aliphatic rings. The third kappa shape index (κ3) is 2.24. The first kappa shape index (κ1) is 14.2. The molecule has 3 saturated heterocycles. The Kier molecular flexibility index (Phi) is 3.44. The Labute approximate surface area is 130 Å². The lowest BCUT2D eigenvalue weighted by atomic mass is 9.64. The fourth-order valence-electron chi connectivity index (χ4n) is 4.22. The van der Waals surface area contributed by atoms with Crippen molar-refractivity contribution in [3.63, 3.8) is 0 Å². The zero-order chi connectivity index (χ0) is 15.2. The minimum Gasteiger partial charge on any atom is -0.460 e. The van der Waals surface area contributed by atoms with Gasteiger partial charge in [0.25, 0.3) is 0 Å². The summed E-state index contributed by atoms with van der Waals surface area (Å²) in [7, 11) is 0. The molecule has 1 aliphatic carbocycles. The summed E-state index contributed by atoms with van der Waals surface area (Å²) in [6, 6.07) is 6.47. The third-order valence-corrected chi connectivity index (χ3v) is 5.83. The van der Waals surface area contributed by atoms with Crippen molar-refractivity contribution in [1.29, 1.82) is 0 Å². The number of hydrogen-bond acceptors (Lipinski definition) is 3. The SMILES string of the molecule is O=C(OC1CN2CCC1CC2)C1(c2cccc(F)c2)CCC1. The lowest BCUT2D eigenvalue weighted by molar-refractivity contribution is -0.169. The number of hydrogen-bond donors (Lipinski definition) is 0. The van der Waals surface area contributed by atoms with Crippen LogP contribution in [0.3, 0.4) is 0 Å². The van der Waals surface area contributed by atoms with Gasteiger partial charge in [-0.05, 0) is 62.4 Å². The van der Waals surface area contributed by atoms with Crippen molar-refractivity contribution in [2.75, 3.05) is 19.6 Å². The number of nitrogens with zero attached hydrogens (tertiary/aromatic N) is 1. The molecule has 3 heterocycles. The first-order valence-corrected chi connectivity index (χ1v) is 8.37. The summed E-state index contributed by atoms with van der Waals surface area (Å²) in [6.07, 6.45) is 4.84. The fourth-order valence-corrected chi connectivity index (χ4v) is 4.22. The van der Waals surface area contributed by atoms with Gasteiger partial charge in [0.2, 0.25) is 0 Å². The summed E-state index contributed by atoms with van der Waals surface area (Å²) < 4.78 is 19.5. The van der Waals surface area contributed by atoms with Gasteiger partial charge >= 0.3 is 5.97 Å². The highest BCUT2D eigenvalue weighted by molar-refractivity contribution is 5.84. The second-order valence-corrected chi connectivity index (χ2v) is 7.03. The van der Waals surface area contributed by atoms with E-state index < -0.39 is 5.41 Å². The Hall–Kier alpha value is -1.42. The van der Waals surface area contributed by atoms with Gasteiger partial charge in [0, 0.05) is 6.54 Å². The van der Waals surface area contributed by atoms with Gasteiger partial charge in [-0.2, -0.15) is 0 Å². The molecule has 2 bridgehead atoms. The molecule has 3 aliphatic heterocycles. The molecular weight excluding hydrogens is 281 g/mol.